The second-order valence-corrected chi connectivity index (χ2v) is 24.9. The first-order chi connectivity index (χ1) is 40.0. The van der Waals surface area contributed by atoms with E-state index in [-0.39, 0.29) is 31.1 Å². The summed E-state index contributed by atoms with van der Waals surface area (Å²) in [5.74, 6) is -0.854. The Bertz CT molecular complexity index is 1350. The first-order valence-electron chi connectivity index (χ1n) is 36.5. The predicted molar refractivity (Wildman–Crippen MR) is 353 cm³/mol. The first kappa shape index (κ1) is 78.6. The van der Waals surface area contributed by atoms with E-state index in [2.05, 4.69) is 57.2 Å². The molecule has 6 nitrogen and oxygen atoms in total. The Balaban J connectivity index is 4.28. The lowest BCUT2D eigenvalue weighted by molar-refractivity contribution is -0.167. The maximum atomic E-state index is 13.0. The van der Waals surface area contributed by atoms with Crippen LogP contribution in [0.3, 0.4) is 0 Å². The fourth-order valence-corrected chi connectivity index (χ4v) is 11.1. The third kappa shape index (κ3) is 68.3. The summed E-state index contributed by atoms with van der Waals surface area (Å²) in [5, 5.41) is 0. The molecular formula is C75H140O6. The van der Waals surface area contributed by atoms with Crippen molar-refractivity contribution in [1.29, 1.82) is 0 Å². The van der Waals surface area contributed by atoms with Crippen LogP contribution in [0, 0.1) is 0 Å². The van der Waals surface area contributed by atoms with E-state index in [0.717, 1.165) is 77.0 Å². The highest BCUT2D eigenvalue weighted by Crippen LogP contribution is 2.19. The summed E-state index contributed by atoms with van der Waals surface area (Å²) in [6.07, 6.45) is 87.5. The Labute approximate surface area is 506 Å². The maximum Gasteiger partial charge on any atom is 0.306 e. The summed E-state index contributed by atoms with van der Waals surface area (Å²) in [6, 6.07) is 0. The molecule has 0 bridgehead atoms. The number of carbonyl (C=O) groups excluding carboxylic acids is 3. The minimum absolute atomic E-state index is 0.0717. The minimum Gasteiger partial charge on any atom is -0.462 e. The Morgan fingerprint density at radius 1 is 0.247 bits per heavy atom. The lowest BCUT2D eigenvalue weighted by atomic mass is 10.0. The van der Waals surface area contributed by atoms with E-state index in [1.807, 2.05) is 0 Å². The highest BCUT2D eigenvalue weighted by molar-refractivity contribution is 5.71. The molecule has 0 radical (unpaired) electrons. The van der Waals surface area contributed by atoms with Crippen molar-refractivity contribution in [3.05, 3.63) is 36.5 Å². The van der Waals surface area contributed by atoms with Crippen molar-refractivity contribution in [2.24, 2.45) is 0 Å². The number of rotatable bonds is 68. The quantitative estimate of drug-likeness (QED) is 0.0261. The summed E-state index contributed by atoms with van der Waals surface area (Å²) in [4.78, 5) is 38.5. The average Bonchev–Trinajstić information content (AvgIpc) is 3.47. The normalized spacial score (nSPS) is 12.2. The Kier molecular flexibility index (Phi) is 68.1. The number of hydrogen-bond donors (Lipinski definition) is 0. The van der Waals surface area contributed by atoms with E-state index in [1.165, 1.54) is 289 Å². The van der Waals surface area contributed by atoms with Crippen molar-refractivity contribution in [2.45, 2.75) is 412 Å². The molecule has 0 saturated carbocycles. The van der Waals surface area contributed by atoms with Gasteiger partial charge in [0.25, 0.3) is 0 Å². The number of esters is 3. The topological polar surface area (TPSA) is 78.9 Å². The molecule has 0 aliphatic carbocycles. The molecule has 81 heavy (non-hydrogen) atoms. The molecule has 0 saturated heterocycles. The van der Waals surface area contributed by atoms with Crippen molar-refractivity contribution in [1.82, 2.24) is 0 Å². The number of carbonyl (C=O) groups is 3. The lowest BCUT2D eigenvalue weighted by Crippen LogP contribution is -2.30. The van der Waals surface area contributed by atoms with Crippen LogP contribution in [0.5, 0.6) is 0 Å². The zero-order valence-corrected chi connectivity index (χ0v) is 54.8. The summed E-state index contributed by atoms with van der Waals surface area (Å²) < 4.78 is 17.0. The van der Waals surface area contributed by atoms with E-state index in [9.17, 15) is 14.4 Å². The molecule has 0 fully saturated rings. The van der Waals surface area contributed by atoms with Crippen molar-refractivity contribution in [2.75, 3.05) is 13.2 Å². The molecule has 1 unspecified atom stereocenters. The third-order valence-electron chi connectivity index (χ3n) is 16.6. The van der Waals surface area contributed by atoms with Crippen LogP contribution in [0.1, 0.15) is 406 Å². The highest BCUT2D eigenvalue weighted by Gasteiger charge is 2.19. The van der Waals surface area contributed by atoms with Gasteiger partial charge in [-0.3, -0.25) is 14.4 Å². The van der Waals surface area contributed by atoms with Gasteiger partial charge in [-0.25, -0.2) is 0 Å². The Morgan fingerprint density at radius 3 is 0.704 bits per heavy atom. The zero-order valence-electron chi connectivity index (χ0n) is 54.8. The van der Waals surface area contributed by atoms with Crippen LogP contribution in [0.2, 0.25) is 0 Å². The molecule has 0 aromatic rings. The van der Waals surface area contributed by atoms with Gasteiger partial charge in [0, 0.05) is 19.3 Å². The van der Waals surface area contributed by atoms with E-state index < -0.39 is 6.10 Å². The molecule has 476 valence electrons. The van der Waals surface area contributed by atoms with Crippen molar-refractivity contribution in [3.63, 3.8) is 0 Å². The van der Waals surface area contributed by atoms with Gasteiger partial charge in [0.1, 0.15) is 13.2 Å². The van der Waals surface area contributed by atoms with Gasteiger partial charge in [-0.2, -0.15) is 0 Å². The van der Waals surface area contributed by atoms with Crippen LogP contribution in [-0.4, -0.2) is 37.2 Å². The number of hydrogen-bond acceptors (Lipinski definition) is 6. The van der Waals surface area contributed by atoms with Crippen LogP contribution in [0.4, 0.5) is 0 Å². The molecule has 0 N–H and O–H groups in total. The first-order valence-corrected chi connectivity index (χ1v) is 36.5. The van der Waals surface area contributed by atoms with Gasteiger partial charge in [0.2, 0.25) is 0 Å². The summed E-state index contributed by atoms with van der Waals surface area (Å²) >= 11 is 0. The summed E-state index contributed by atoms with van der Waals surface area (Å²) in [6.45, 7) is 6.69. The monoisotopic (exact) mass is 1140 g/mol. The smallest absolute Gasteiger partial charge is 0.306 e. The second-order valence-electron chi connectivity index (χ2n) is 24.9. The number of unbranched alkanes of at least 4 members (excludes halogenated alkanes) is 51. The molecule has 0 heterocycles. The van der Waals surface area contributed by atoms with E-state index in [4.69, 9.17) is 14.2 Å². The molecule has 6 heteroatoms. The van der Waals surface area contributed by atoms with Crippen LogP contribution in [0.15, 0.2) is 36.5 Å². The van der Waals surface area contributed by atoms with E-state index in [0.29, 0.717) is 19.3 Å². The van der Waals surface area contributed by atoms with Gasteiger partial charge in [-0.05, 0) is 77.0 Å². The van der Waals surface area contributed by atoms with Gasteiger partial charge in [0.15, 0.2) is 6.10 Å². The second kappa shape index (κ2) is 70.1. The van der Waals surface area contributed by atoms with Crippen LogP contribution in [-0.2, 0) is 28.6 Å². The average molecular weight is 1140 g/mol. The van der Waals surface area contributed by atoms with Gasteiger partial charge >= 0.3 is 17.9 Å². The fourth-order valence-electron chi connectivity index (χ4n) is 11.1. The van der Waals surface area contributed by atoms with Gasteiger partial charge < -0.3 is 14.2 Å². The zero-order chi connectivity index (χ0) is 58.5. The van der Waals surface area contributed by atoms with Gasteiger partial charge in [-0.15, -0.1) is 0 Å². The molecular weight excluding hydrogens is 997 g/mol. The summed E-state index contributed by atoms with van der Waals surface area (Å²) in [5.41, 5.74) is 0. The molecule has 0 aromatic carbocycles. The summed E-state index contributed by atoms with van der Waals surface area (Å²) in [7, 11) is 0. The van der Waals surface area contributed by atoms with Gasteiger partial charge in [-0.1, -0.05) is 346 Å². The highest BCUT2D eigenvalue weighted by atomic mass is 16.6. The largest absolute Gasteiger partial charge is 0.462 e. The molecule has 0 amide bonds. The van der Waals surface area contributed by atoms with Crippen LogP contribution in [0.25, 0.3) is 0 Å². The molecule has 0 spiro atoms. The molecule has 0 rings (SSSR count). The lowest BCUT2D eigenvalue weighted by Gasteiger charge is -2.18. The third-order valence-corrected chi connectivity index (χ3v) is 16.6. The standard InChI is InChI=1S/C75H140O6/c1-4-7-10-13-16-19-22-25-28-31-33-35-37-38-39-41-42-44-47-50-53-56-59-62-65-68-74(77)80-71-72(70-79-73(76)67-64-61-58-55-52-49-46-30-27-24-21-18-15-12-9-6-3)81-75(78)69-66-63-60-57-54-51-48-45-43-40-36-34-32-29-26-23-20-17-14-11-8-5-2/h21,24,30-31,33,46,72H,4-20,22-23,25-29,32,34-45,47-71H2,1-3H3/b24-21-,33-31-,46-30-. The van der Waals surface area contributed by atoms with E-state index in [1.54, 1.807) is 0 Å². The van der Waals surface area contributed by atoms with Crippen LogP contribution < -0.4 is 0 Å². The van der Waals surface area contributed by atoms with Crippen LogP contribution >= 0.6 is 0 Å². The molecule has 0 aliphatic rings. The maximum absolute atomic E-state index is 13.0. The molecule has 0 aliphatic heterocycles. The van der Waals surface area contributed by atoms with Gasteiger partial charge in [0.05, 0.1) is 0 Å². The van der Waals surface area contributed by atoms with Crippen molar-refractivity contribution >= 4 is 17.9 Å². The fraction of sp³-hybridized carbons (Fsp3) is 0.880. The Hall–Kier alpha value is -2.37. The Morgan fingerprint density at radius 2 is 0.444 bits per heavy atom. The number of allylic oxidation sites excluding steroid dienone is 6. The number of ether oxygens (including phenoxy) is 3. The minimum atomic E-state index is -0.777. The predicted octanol–water partition coefficient (Wildman–Crippen LogP) is 25.1. The van der Waals surface area contributed by atoms with Crippen molar-refractivity contribution < 1.29 is 28.6 Å². The van der Waals surface area contributed by atoms with Crippen molar-refractivity contribution in [3.8, 4) is 0 Å². The molecule has 1 atom stereocenters. The SMILES string of the molecule is CCCCCC/C=C\C/C=C\CCCCCCCC(=O)OCC(COC(=O)CCCCCCCCCCCCCCC/C=C\CCCCCCCCCC)OC(=O)CCCCCCCCCCCCCCCCCCCCCCCC. The molecule has 0 aromatic heterocycles. The van der Waals surface area contributed by atoms with E-state index >= 15 is 0 Å².